The number of Topliss-reactive ketones (excluding diaryl/α,β-unsaturated/α-hetero) is 1. The maximum Gasteiger partial charge on any atom is 0.228 e. The first-order valence-corrected chi connectivity index (χ1v) is 11.7. The number of nitrogens with zero attached hydrogens (tertiary/aromatic N) is 2. The van der Waals surface area contributed by atoms with Crippen LogP contribution in [0.25, 0.3) is 0 Å². The highest BCUT2D eigenvalue weighted by Gasteiger charge is 2.40. The third kappa shape index (κ3) is 4.73. The van der Waals surface area contributed by atoms with Crippen molar-refractivity contribution < 1.29 is 18.8 Å². The predicted molar refractivity (Wildman–Crippen MR) is 130 cm³/mol. The van der Waals surface area contributed by atoms with Gasteiger partial charge in [-0.15, -0.1) is 0 Å². The molecule has 35 heavy (non-hydrogen) atoms. The standard InChI is InChI=1S/C27H26N4O4/c32-22-10-3-8-20-26(22)27(23-11-5-15-35-23)31(21-9-2-1-7-19(21)30-20)25(34)13-12-24(33)29-17-18-6-4-14-28-16-18/h1-2,4-7,9,11,14-16,27,30H,3,8,10,12-13,17H2,(H,29,33)/t27-/m1/s1. The van der Waals surface area contributed by atoms with E-state index in [0.29, 0.717) is 36.4 Å². The van der Waals surface area contributed by atoms with Crippen molar-refractivity contribution in [3.8, 4) is 0 Å². The summed E-state index contributed by atoms with van der Waals surface area (Å²) in [6.07, 6.45) is 6.80. The number of rotatable bonds is 6. The molecule has 0 radical (unpaired) electrons. The fraction of sp³-hybridized carbons (Fsp3) is 0.259. The van der Waals surface area contributed by atoms with E-state index in [-0.39, 0.29) is 30.4 Å². The number of allylic oxidation sites excluding steroid dienone is 1. The van der Waals surface area contributed by atoms with Crippen molar-refractivity contribution in [2.24, 2.45) is 0 Å². The van der Waals surface area contributed by atoms with E-state index in [2.05, 4.69) is 15.6 Å². The van der Waals surface area contributed by atoms with Crippen LogP contribution in [-0.4, -0.2) is 22.6 Å². The van der Waals surface area contributed by atoms with Gasteiger partial charge in [-0.25, -0.2) is 0 Å². The number of amides is 2. The second kappa shape index (κ2) is 9.97. The number of hydrogen-bond acceptors (Lipinski definition) is 6. The minimum absolute atomic E-state index is 0.0000280. The number of aromatic nitrogens is 1. The molecule has 2 amide bonds. The van der Waals surface area contributed by atoms with Crippen LogP contribution in [0.1, 0.15) is 49.5 Å². The lowest BCUT2D eigenvalue weighted by molar-refractivity contribution is -0.125. The minimum atomic E-state index is -0.699. The average Bonchev–Trinajstić information content (AvgIpc) is 3.36. The number of carbonyl (C=O) groups excluding carboxylic acids is 3. The van der Waals surface area contributed by atoms with Gasteiger partial charge in [0.1, 0.15) is 11.8 Å². The van der Waals surface area contributed by atoms with E-state index in [1.165, 1.54) is 0 Å². The molecule has 0 bridgehead atoms. The number of ketones is 1. The Morgan fingerprint density at radius 3 is 2.77 bits per heavy atom. The molecular weight excluding hydrogens is 444 g/mol. The van der Waals surface area contributed by atoms with Gasteiger partial charge >= 0.3 is 0 Å². The van der Waals surface area contributed by atoms with Crippen LogP contribution < -0.4 is 15.5 Å². The number of nitrogens with one attached hydrogen (secondary N) is 2. The highest BCUT2D eigenvalue weighted by atomic mass is 16.3. The lowest BCUT2D eigenvalue weighted by atomic mass is 9.88. The van der Waals surface area contributed by atoms with Gasteiger partial charge in [-0.1, -0.05) is 18.2 Å². The number of carbonyl (C=O) groups is 3. The van der Waals surface area contributed by atoms with Gasteiger partial charge in [0, 0.05) is 49.5 Å². The first kappa shape index (κ1) is 22.6. The molecule has 1 aliphatic carbocycles. The van der Waals surface area contributed by atoms with Gasteiger partial charge < -0.3 is 15.1 Å². The van der Waals surface area contributed by atoms with E-state index in [1.54, 1.807) is 41.8 Å². The molecule has 0 fully saturated rings. The third-order valence-corrected chi connectivity index (χ3v) is 6.30. The van der Waals surface area contributed by atoms with Gasteiger partial charge in [-0.2, -0.15) is 0 Å². The number of para-hydroxylation sites is 2. The molecule has 0 unspecified atom stereocenters. The molecule has 178 valence electrons. The lowest BCUT2D eigenvalue weighted by Gasteiger charge is -2.32. The number of benzene rings is 1. The average molecular weight is 471 g/mol. The number of pyridine rings is 1. The molecule has 1 aliphatic heterocycles. The van der Waals surface area contributed by atoms with E-state index in [1.807, 2.05) is 30.3 Å². The summed E-state index contributed by atoms with van der Waals surface area (Å²) in [6.45, 7) is 0.344. The molecule has 8 heteroatoms. The summed E-state index contributed by atoms with van der Waals surface area (Å²) in [5.41, 5.74) is 3.65. The molecule has 1 atom stereocenters. The van der Waals surface area contributed by atoms with Gasteiger partial charge in [0.15, 0.2) is 5.78 Å². The van der Waals surface area contributed by atoms with Crippen LogP contribution in [-0.2, 0) is 20.9 Å². The van der Waals surface area contributed by atoms with Crippen molar-refractivity contribution >= 4 is 29.0 Å². The Morgan fingerprint density at radius 2 is 1.97 bits per heavy atom. The quantitative estimate of drug-likeness (QED) is 0.557. The van der Waals surface area contributed by atoms with Crippen LogP contribution in [0.3, 0.4) is 0 Å². The van der Waals surface area contributed by atoms with Gasteiger partial charge in [0.25, 0.3) is 0 Å². The van der Waals surface area contributed by atoms with Crippen LogP contribution in [0, 0.1) is 0 Å². The summed E-state index contributed by atoms with van der Waals surface area (Å²) >= 11 is 0. The summed E-state index contributed by atoms with van der Waals surface area (Å²) in [4.78, 5) is 45.0. The molecule has 2 N–H and O–H groups in total. The Kier molecular flexibility index (Phi) is 6.43. The SMILES string of the molecule is O=C(CCC(=O)N1c2ccccc2NC2=C(C(=O)CCC2)[C@H]1c1ccco1)NCc1cccnc1. The van der Waals surface area contributed by atoms with E-state index < -0.39 is 6.04 Å². The van der Waals surface area contributed by atoms with Gasteiger partial charge in [-0.05, 0) is 48.7 Å². The molecular formula is C27H26N4O4. The fourth-order valence-electron chi connectivity index (χ4n) is 4.66. The van der Waals surface area contributed by atoms with Gasteiger partial charge in [0.05, 0.1) is 17.6 Å². The van der Waals surface area contributed by atoms with E-state index in [0.717, 1.165) is 23.4 Å². The van der Waals surface area contributed by atoms with Crippen LogP contribution in [0.2, 0.25) is 0 Å². The summed E-state index contributed by atoms with van der Waals surface area (Å²) < 4.78 is 5.74. The predicted octanol–water partition coefficient (Wildman–Crippen LogP) is 4.28. The third-order valence-electron chi connectivity index (χ3n) is 6.30. The summed E-state index contributed by atoms with van der Waals surface area (Å²) in [5, 5.41) is 6.25. The molecule has 0 saturated heterocycles. The van der Waals surface area contributed by atoms with Crippen LogP contribution in [0.5, 0.6) is 0 Å². The lowest BCUT2D eigenvalue weighted by Crippen LogP contribution is -2.38. The Labute approximate surface area is 203 Å². The highest BCUT2D eigenvalue weighted by molar-refractivity contribution is 6.06. The Bertz CT molecular complexity index is 1270. The monoisotopic (exact) mass is 470 g/mol. The first-order chi connectivity index (χ1) is 17.1. The minimum Gasteiger partial charge on any atom is -0.467 e. The number of furan rings is 1. The van der Waals surface area contributed by atoms with Crippen molar-refractivity contribution in [3.05, 3.63) is 89.8 Å². The number of fused-ring (bicyclic) bond motifs is 1. The van der Waals surface area contributed by atoms with Crippen molar-refractivity contribution in [1.29, 1.82) is 0 Å². The molecule has 8 nitrogen and oxygen atoms in total. The number of hydrogen-bond donors (Lipinski definition) is 2. The zero-order chi connectivity index (χ0) is 24.2. The maximum absolute atomic E-state index is 13.7. The topological polar surface area (TPSA) is 105 Å². The van der Waals surface area contributed by atoms with Crippen molar-refractivity contribution in [1.82, 2.24) is 10.3 Å². The van der Waals surface area contributed by atoms with Crippen molar-refractivity contribution in [3.63, 3.8) is 0 Å². The zero-order valence-corrected chi connectivity index (χ0v) is 19.2. The number of anilines is 2. The summed E-state index contributed by atoms with van der Waals surface area (Å²) in [7, 11) is 0. The summed E-state index contributed by atoms with van der Waals surface area (Å²) in [5.74, 6) is 0.0246. The fourth-order valence-corrected chi connectivity index (χ4v) is 4.66. The van der Waals surface area contributed by atoms with Crippen LogP contribution in [0.15, 0.2) is 82.9 Å². The Hall–Kier alpha value is -4.20. The highest BCUT2D eigenvalue weighted by Crippen LogP contribution is 2.45. The normalized spacial score (nSPS) is 17.2. The van der Waals surface area contributed by atoms with Crippen molar-refractivity contribution in [2.75, 3.05) is 10.2 Å². The molecule has 1 aromatic carbocycles. The largest absolute Gasteiger partial charge is 0.467 e. The van der Waals surface area contributed by atoms with Crippen LogP contribution >= 0.6 is 0 Å². The Morgan fingerprint density at radius 1 is 1.09 bits per heavy atom. The van der Waals surface area contributed by atoms with Crippen molar-refractivity contribution in [2.45, 2.75) is 44.7 Å². The molecule has 5 rings (SSSR count). The van der Waals surface area contributed by atoms with E-state index in [4.69, 9.17) is 4.42 Å². The summed E-state index contributed by atoms with van der Waals surface area (Å²) in [6, 6.07) is 14.0. The smallest absolute Gasteiger partial charge is 0.228 e. The second-order valence-corrected chi connectivity index (χ2v) is 8.63. The molecule has 3 heterocycles. The first-order valence-electron chi connectivity index (χ1n) is 11.7. The Balaban J connectivity index is 1.43. The van der Waals surface area contributed by atoms with E-state index in [9.17, 15) is 14.4 Å². The molecule has 0 spiro atoms. The molecule has 0 saturated carbocycles. The molecule has 2 aliphatic rings. The molecule has 3 aromatic rings. The molecule has 2 aromatic heterocycles. The van der Waals surface area contributed by atoms with E-state index >= 15 is 0 Å². The van der Waals surface area contributed by atoms with Gasteiger partial charge in [0.2, 0.25) is 11.8 Å². The zero-order valence-electron chi connectivity index (χ0n) is 19.2. The van der Waals surface area contributed by atoms with Crippen LogP contribution in [0.4, 0.5) is 11.4 Å². The maximum atomic E-state index is 13.7. The second-order valence-electron chi connectivity index (χ2n) is 8.63. The van der Waals surface area contributed by atoms with Gasteiger partial charge in [-0.3, -0.25) is 24.3 Å².